The van der Waals surface area contributed by atoms with Crippen molar-refractivity contribution in [3.63, 3.8) is 0 Å². The van der Waals surface area contributed by atoms with Crippen molar-refractivity contribution in [3.8, 4) is 17.2 Å². The lowest BCUT2D eigenvalue weighted by atomic mass is 10.1. The van der Waals surface area contributed by atoms with Gasteiger partial charge in [-0.05, 0) is 101 Å². The second-order valence-electron chi connectivity index (χ2n) is 8.91. The van der Waals surface area contributed by atoms with Crippen LogP contribution in [0.15, 0.2) is 64.0 Å². The number of benzene rings is 3. The summed E-state index contributed by atoms with van der Waals surface area (Å²) in [5.41, 5.74) is 0.274. The lowest BCUT2D eigenvalue weighted by molar-refractivity contribution is -0.137. The van der Waals surface area contributed by atoms with Crippen LogP contribution in [0.25, 0.3) is 6.08 Å². The van der Waals surface area contributed by atoms with E-state index in [1.54, 1.807) is 12.1 Å². The molecule has 3 aromatic carbocycles. The predicted molar refractivity (Wildman–Crippen MR) is 168 cm³/mol. The normalized spacial score (nSPS) is 14.3. The second-order valence-corrected chi connectivity index (χ2v) is 12.0. The van der Waals surface area contributed by atoms with Crippen LogP contribution in [-0.4, -0.2) is 42.2 Å². The molecule has 8 nitrogen and oxygen atoms in total. The van der Waals surface area contributed by atoms with Crippen molar-refractivity contribution in [2.24, 2.45) is 0 Å². The molecule has 1 saturated heterocycles. The number of carbonyl (C=O) groups excluding carboxylic acids is 3. The molecule has 0 aliphatic carbocycles. The van der Waals surface area contributed by atoms with E-state index in [4.69, 9.17) is 14.2 Å². The minimum atomic E-state index is -4.65. The van der Waals surface area contributed by atoms with Crippen LogP contribution >= 0.6 is 50.3 Å². The monoisotopic (exact) mass is 790 g/mol. The summed E-state index contributed by atoms with van der Waals surface area (Å²) >= 11 is 6.14. The largest absolute Gasteiger partial charge is 0.495 e. The van der Waals surface area contributed by atoms with E-state index in [1.807, 2.05) is 31.2 Å². The molecule has 0 bridgehead atoms. The van der Waals surface area contributed by atoms with Crippen molar-refractivity contribution in [1.82, 2.24) is 4.90 Å². The van der Waals surface area contributed by atoms with Crippen LogP contribution < -0.4 is 19.5 Å². The number of amides is 3. The summed E-state index contributed by atoms with van der Waals surface area (Å²) in [5.74, 6) is -0.630. The van der Waals surface area contributed by atoms with Crippen LogP contribution in [-0.2, 0) is 22.4 Å². The number of nitrogens with one attached hydrogen (secondary N) is 1. The molecule has 0 atom stereocenters. The van der Waals surface area contributed by atoms with Crippen LogP contribution in [0.5, 0.6) is 17.2 Å². The Morgan fingerprint density at radius 2 is 1.79 bits per heavy atom. The maximum absolute atomic E-state index is 13.2. The molecule has 3 amide bonds. The molecule has 3 aromatic rings. The van der Waals surface area contributed by atoms with Gasteiger partial charge >= 0.3 is 6.18 Å². The van der Waals surface area contributed by atoms with E-state index >= 15 is 0 Å². The molecule has 1 aliphatic rings. The van der Waals surface area contributed by atoms with E-state index in [-0.39, 0.29) is 16.3 Å². The molecule has 0 spiro atoms. The first-order chi connectivity index (χ1) is 20.4. The van der Waals surface area contributed by atoms with Crippen LogP contribution in [0.4, 0.5) is 23.7 Å². The minimum absolute atomic E-state index is 0.0145. The predicted octanol–water partition coefficient (Wildman–Crippen LogP) is 7.73. The highest BCUT2D eigenvalue weighted by Crippen LogP contribution is 2.38. The number of ether oxygens (including phenoxy) is 3. The average Bonchev–Trinajstić information content (AvgIpc) is 3.20. The highest BCUT2D eigenvalue weighted by atomic mass is 127. The van der Waals surface area contributed by atoms with Crippen molar-refractivity contribution >= 4 is 79.1 Å². The Morgan fingerprint density at radius 3 is 2.44 bits per heavy atom. The molecule has 1 N–H and O–H groups in total. The molecule has 14 heteroatoms. The number of imide groups is 1. The zero-order valence-corrected chi connectivity index (χ0v) is 27.1. The van der Waals surface area contributed by atoms with Crippen molar-refractivity contribution in [3.05, 3.63) is 84.2 Å². The fraction of sp³-hybridized carbons (Fsp3) is 0.207. The van der Waals surface area contributed by atoms with E-state index in [2.05, 4.69) is 43.8 Å². The van der Waals surface area contributed by atoms with Gasteiger partial charge in [0.15, 0.2) is 11.5 Å². The number of rotatable bonds is 10. The zero-order chi connectivity index (χ0) is 31.3. The molecule has 0 saturated carbocycles. The number of nitrogens with zero attached hydrogens (tertiary/aromatic N) is 1. The highest BCUT2D eigenvalue weighted by Gasteiger charge is 2.37. The van der Waals surface area contributed by atoms with Gasteiger partial charge in [0.05, 0.1) is 33.4 Å². The van der Waals surface area contributed by atoms with Gasteiger partial charge < -0.3 is 19.5 Å². The first-order valence-electron chi connectivity index (χ1n) is 12.5. The Kier molecular flexibility index (Phi) is 10.7. The lowest BCUT2D eigenvalue weighted by Gasteiger charge is -2.16. The number of anilines is 1. The van der Waals surface area contributed by atoms with Crippen molar-refractivity contribution < 1.29 is 41.8 Å². The standard InChI is InChI=1S/C29H23BrF3IN2O6S/c1-3-41-23-11-17(10-20(34)26(23)42-15-16-4-7-19(30)8-5-16)12-24-27(38)36(28(39)43-24)14-25(37)35-21-13-18(29(31,32)33)6-9-22(21)40-2/h4-13H,3,14-15H2,1-2H3,(H,35,37)/b24-12-. The molecule has 0 unspecified atom stereocenters. The molecule has 0 radical (unpaired) electrons. The third kappa shape index (κ3) is 8.23. The molecule has 4 rings (SSSR count). The molecular weight excluding hydrogens is 768 g/mol. The van der Waals surface area contributed by atoms with Gasteiger partial charge in [-0.25, -0.2) is 0 Å². The summed E-state index contributed by atoms with van der Waals surface area (Å²) < 4.78 is 58.0. The number of hydrogen-bond acceptors (Lipinski definition) is 7. The van der Waals surface area contributed by atoms with Gasteiger partial charge in [-0.3, -0.25) is 19.3 Å². The number of alkyl halides is 3. The SMILES string of the molecule is CCOc1cc(/C=C2\SC(=O)N(CC(=O)Nc3cc(C(F)(F)F)ccc3OC)C2=O)cc(I)c1OCc1ccc(Br)cc1. The number of thioether (sulfide) groups is 1. The van der Waals surface area contributed by atoms with Gasteiger partial charge in [0.25, 0.3) is 11.1 Å². The van der Waals surface area contributed by atoms with Crippen molar-refractivity contribution in [2.45, 2.75) is 19.7 Å². The van der Waals surface area contributed by atoms with Crippen LogP contribution in [0.2, 0.25) is 0 Å². The summed E-state index contributed by atoms with van der Waals surface area (Å²) in [4.78, 5) is 39.2. The van der Waals surface area contributed by atoms with E-state index in [0.29, 0.717) is 51.7 Å². The zero-order valence-electron chi connectivity index (χ0n) is 22.6. The average molecular weight is 791 g/mol. The minimum Gasteiger partial charge on any atom is -0.495 e. The van der Waals surface area contributed by atoms with Gasteiger partial charge in [0.2, 0.25) is 5.91 Å². The van der Waals surface area contributed by atoms with Crippen LogP contribution in [0.1, 0.15) is 23.6 Å². The van der Waals surface area contributed by atoms with Gasteiger partial charge in [-0.2, -0.15) is 13.2 Å². The fourth-order valence-electron chi connectivity index (χ4n) is 3.91. The third-order valence-corrected chi connectivity index (χ3v) is 8.14. The first-order valence-corrected chi connectivity index (χ1v) is 15.2. The van der Waals surface area contributed by atoms with Gasteiger partial charge in [-0.15, -0.1) is 0 Å². The fourth-order valence-corrected chi connectivity index (χ4v) is 5.80. The van der Waals surface area contributed by atoms with E-state index < -0.39 is 35.3 Å². The highest BCUT2D eigenvalue weighted by molar-refractivity contribution is 14.1. The summed E-state index contributed by atoms with van der Waals surface area (Å²) in [6, 6.07) is 13.7. The Hall–Kier alpha value is -3.24. The van der Waals surface area contributed by atoms with Crippen LogP contribution in [0.3, 0.4) is 0 Å². The van der Waals surface area contributed by atoms with Gasteiger partial charge in [0.1, 0.15) is 18.9 Å². The number of hydrogen-bond donors (Lipinski definition) is 1. The van der Waals surface area contributed by atoms with Crippen molar-refractivity contribution in [2.75, 3.05) is 25.6 Å². The summed E-state index contributed by atoms with van der Waals surface area (Å²) in [7, 11) is 1.23. The topological polar surface area (TPSA) is 94.2 Å². The quantitative estimate of drug-likeness (QED) is 0.166. The van der Waals surface area contributed by atoms with Crippen molar-refractivity contribution in [1.29, 1.82) is 0 Å². The Morgan fingerprint density at radius 1 is 1.07 bits per heavy atom. The number of halogens is 5. The molecule has 1 fully saturated rings. The van der Waals surface area contributed by atoms with Crippen LogP contribution in [0, 0.1) is 3.57 Å². The lowest BCUT2D eigenvalue weighted by Crippen LogP contribution is -2.36. The molecule has 1 heterocycles. The molecule has 1 aliphatic heterocycles. The number of carbonyl (C=O) groups is 3. The first kappa shape index (κ1) is 32.7. The summed E-state index contributed by atoms with van der Waals surface area (Å²) in [6.45, 7) is 1.78. The maximum atomic E-state index is 13.2. The van der Waals surface area contributed by atoms with E-state index in [1.165, 1.54) is 13.2 Å². The molecule has 43 heavy (non-hydrogen) atoms. The molecular formula is C29H23BrF3IN2O6S. The van der Waals surface area contributed by atoms with Gasteiger partial charge in [0, 0.05) is 4.47 Å². The molecule has 226 valence electrons. The Labute approximate surface area is 271 Å². The Bertz CT molecular complexity index is 1580. The third-order valence-electron chi connectivity index (χ3n) is 5.90. The van der Waals surface area contributed by atoms with E-state index in [0.717, 1.165) is 27.1 Å². The maximum Gasteiger partial charge on any atom is 0.416 e. The Balaban J connectivity index is 1.49. The van der Waals surface area contributed by atoms with E-state index in [9.17, 15) is 27.6 Å². The molecule has 0 aromatic heterocycles. The smallest absolute Gasteiger partial charge is 0.416 e. The second kappa shape index (κ2) is 14.0. The summed E-state index contributed by atoms with van der Waals surface area (Å²) in [5, 5.41) is 1.60. The van der Waals surface area contributed by atoms with Gasteiger partial charge in [-0.1, -0.05) is 28.1 Å². The summed E-state index contributed by atoms with van der Waals surface area (Å²) in [6.07, 6.45) is -3.14. The number of methoxy groups -OCH3 is 1.